The summed E-state index contributed by atoms with van der Waals surface area (Å²) in [6.07, 6.45) is 0.348. The highest BCUT2D eigenvalue weighted by atomic mass is 79.9. The minimum atomic E-state index is -0.388. The monoisotopic (exact) mass is 286 g/mol. The maximum atomic E-state index is 13.3. The first-order valence-corrected chi connectivity index (χ1v) is 5.74. The Morgan fingerprint density at radius 1 is 1.38 bits per heavy atom. The molecule has 1 aliphatic heterocycles. The normalized spacial score (nSPS) is 18.1. The Morgan fingerprint density at radius 3 is 2.75 bits per heavy atom. The molecular weight excluding hydrogens is 275 g/mol. The second-order valence-corrected chi connectivity index (χ2v) is 5.40. The average molecular weight is 287 g/mol. The SMILES string of the molecule is CC1(C)CC(=O)Nc2cc(F)c(Br)cc2N1. The third-order valence-electron chi connectivity index (χ3n) is 2.41. The van der Waals surface area contributed by atoms with Gasteiger partial charge in [-0.05, 0) is 35.8 Å². The van der Waals surface area contributed by atoms with Gasteiger partial charge in [0.25, 0.3) is 0 Å². The molecule has 1 aromatic carbocycles. The molecule has 1 aromatic rings. The largest absolute Gasteiger partial charge is 0.378 e. The number of carbonyl (C=O) groups is 1. The van der Waals surface area contributed by atoms with Gasteiger partial charge in [0.15, 0.2) is 0 Å². The Kier molecular flexibility index (Phi) is 2.66. The lowest BCUT2D eigenvalue weighted by atomic mass is 10.0. The van der Waals surface area contributed by atoms with Gasteiger partial charge in [-0.25, -0.2) is 4.39 Å². The van der Waals surface area contributed by atoms with Crippen LogP contribution in [0.1, 0.15) is 20.3 Å². The van der Waals surface area contributed by atoms with Gasteiger partial charge in [-0.1, -0.05) is 0 Å². The summed E-state index contributed by atoms with van der Waals surface area (Å²) in [5.41, 5.74) is 0.868. The summed E-state index contributed by atoms with van der Waals surface area (Å²) in [5.74, 6) is -0.501. The first kappa shape index (κ1) is 11.4. The number of benzene rings is 1. The number of carbonyl (C=O) groups excluding carboxylic acids is 1. The van der Waals surface area contributed by atoms with Crippen molar-refractivity contribution in [3.05, 3.63) is 22.4 Å². The molecule has 16 heavy (non-hydrogen) atoms. The van der Waals surface area contributed by atoms with Crippen molar-refractivity contribution >= 4 is 33.2 Å². The molecule has 3 nitrogen and oxygen atoms in total. The minimum absolute atomic E-state index is 0.113. The first-order valence-electron chi connectivity index (χ1n) is 4.94. The second kappa shape index (κ2) is 3.73. The molecule has 0 saturated heterocycles. The smallest absolute Gasteiger partial charge is 0.226 e. The topological polar surface area (TPSA) is 41.1 Å². The Labute approximate surface area is 102 Å². The van der Waals surface area contributed by atoms with E-state index in [1.54, 1.807) is 6.07 Å². The van der Waals surface area contributed by atoms with E-state index in [1.165, 1.54) is 6.07 Å². The van der Waals surface area contributed by atoms with Crippen LogP contribution in [-0.4, -0.2) is 11.4 Å². The molecule has 0 atom stereocenters. The molecule has 0 radical (unpaired) electrons. The van der Waals surface area contributed by atoms with E-state index in [1.807, 2.05) is 13.8 Å². The van der Waals surface area contributed by atoms with E-state index >= 15 is 0 Å². The number of fused-ring (bicyclic) bond motifs is 1. The lowest BCUT2D eigenvalue weighted by Gasteiger charge is -2.24. The Balaban J connectivity index is 2.50. The van der Waals surface area contributed by atoms with Crippen molar-refractivity contribution in [1.29, 1.82) is 0 Å². The zero-order valence-corrected chi connectivity index (χ0v) is 10.6. The summed E-state index contributed by atoms with van der Waals surface area (Å²) in [6.45, 7) is 3.86. The molecule has 0 saturated carbocycles. The standard InChI is InChI=1S/C11H12BrFN2O/c1-11(2)5-10(16)14-8-4-7(13)6(12)3-9(8)15-11/h3-4,15H,5H2,1-2H3,(H,14,16). The van der Waals surface area contributed by atoms with Crippen molar-refractivity contribution in [1.82, 2.24) is 0 Å². The van der Waals surface area contributed by atoms with E-state index < -0.39 is 0 Å². The van der Waals surface area contributed by atoms with E-state index in [-0.39, 0.29) is 17.3 Å². The van der Waals surface area contributed by atoms with E-state index in [0.29, 0.717) is 16.6 Å². The molecule has 0 unspecified atom stereocenters. The van der Waals surface area contributed by atoms with Crippen molar-refractivity contribution in [3.8, 4) is 0 Å². The van der Waals surface area contributed by atoms with Gasteiger partial charge < -0.3 is 10.6 Å². The van der Waals surface area contributed by atoms with Crippen molar-refractivity contribution < 1.29 is 9.18 Å². The molecule has 0 aliphatic carbocycles. The fraction of sp³-hybridized carbons (Fsp3) is 0.364. The molecule has 5 heteroatoms. The van der Waals surface area contributed by atoms with Crippen LogP contribution < -0.4 is 10.6 Å². The Hall–Kier alpha value is -1.10. The van der Waals surface area contributed by atoms with Gasteiger partial charge in [-0.15, -0.1) is 0 Å². The van der Waals surface area contributed by atoms with Crippen LogP contribution in [0.15, 0.2) is 16.6 Å². The maximum Gasteiger partial charge on any atom is 0.226 e. The number of anilines is 2. The number of hydrogen-bond donors (Lipinski definition) is 2. The Morgan fingerprint density at radius 2 is 2.06 bits per heavy atom. The van der Waals surface area contributed by atoms with Gasteiger partial charge in [0.2, 0.25) is 5.91 Å². The van der Waals surface area contributed by atoms with Crippen LogP contribution in [0.5, 0.6) is 0 Å². The van der Waals surface area contributed by atoms with Gasteiger partial charge in [0.1, 0.15) is 5.82 Å². The van der Waals surface area contributed by atoms with E-state index in [2.05, 4.69) is 26.6 Å². The van der Waals surface area contributed by atoms with Crippen molar-refractivity contribution in [2.75, 3.05) is 10.6 Å². The molecule has 1 heterocycles. The lowest BCUT2D eigenvalue weighted by Crippen LogP contribution is -2.32. The summed E-state index contributed by atoms with van der Waals surface area (Å²) in [7, 11) is 0. The van der Waals surface area contributed by atoms with Gasteiger partial charge in [0, 0.05) is 18.0 Å². The minimum Gasteiger partial charge on any atom is -0.378 e. The Bertz CT molecular complexity index is 460. The van der Waals surface area contributed by atoms with E-state index in [4.69, 9.17) is 0 Å². The van der Waals surface area contributed by atoms with Crippen LogP contribution in [0, 0.1) is 5.82 Å². The van der Waals surface area contributed by atoms with Crippen LogP contribution in [0.2, 0.25) is 0 Å². The highest BCUT2D eigenvalue weighted by molar-refractivity contribution is 9.10. The first-order chi connectivity index (χ1) is 7.37. The fourth-order valence-electron chi connectivity index (χ4n) is 1.76. The van der Waals surface area contributed by atoms with Crippen LogP contribution in [0.4, 0.5) is 15.8 Å². The predicted molar refractivity (Wildman–Crippen MR) is 65.0 cm³/mol. The molecular formula is C11H12BrFN2O. The number of nitrogens with one attached hydrogen (secondary N) is 2. The molecule has 2 rings (SSSR count). The van der Waals surface area contributed by atoms with E-state index in [0.717, 1.165) is 5.69 Å². The van der Waals surface area contributed by atoms with E-state index in [9.17, 15) is 9.18 Å². The second-order valence-electron chi connectivity index (χ2n) is 4.55. The molecule has 0 aromatic heterocycles. The molecule has 86 valence electrons. The molecule has 0 fully saturated rings. The highest BCUT2D eigenvalue weighted by Crippen LogP contribution is 2.34. The average Bonchev–Trinajstić information content (AvgIpc) is 2.21. The molecule has 0 bridgehead atoms. The van der Waals surface area contributed by atoms with Crippen LogP contribution in [0.3, 0.4) is 0 Å². The molecule has 1 aliphatic rings. The van der Waals surface area contributed by atoms with Crippen LogP contribution in [0.25, 0.3) is 0 Å². The van der Waals surface area contributed by atoms with Crippen molar-refractivity contribution in [2.45, 2.75) is 25.8 Å². The fourth-order valence-corrected chi connectivity index (χ4v) is 2.10. The van der Waals surface area contributed by atoms with Gasteiger partial charge >= 0.3 is 0 Å². The highest BCUT2D eigenvalue weighted by Gasteiger charge is 2.27. The van der Waals surface area contributed by atoms with Gasteiger partial charge in [-0.2, -0.15) is 0 Å². The molecule has 1 amide bonds. The summed E-state index contributed by atoms with van der Waals surface area (Å²) >= 11 is 3.12. The van der Waals surface area contributed by atoms with Gasteiger partial charge in [0.05, 0.1) is 15.8 Å². The summed E-state index contributed by atoms with van der Waals surface area (Å²) in [4.78, 5) is 11.6. The van der Waals surface area contributed by atoms with Crippen LogP contribution in [-0.2, 0) is 4.79 Å². The predicted octanol–water partition coefficient (Wildman–Crippen LogP) is 3.12. The molecule has 2 N–H and O–H groups in total. The molecule has 0 spiro atoms. The van der Waals surface area contributed by atoms with Crippen molar-refractivity contribution in [3.63, 3.8) is 0 Å². The number of rotatable bonds is 0. The summed E-state index contributed by atoms with van der Waals surface area (Å²) < 4.78 is 13.7. The zero-order chi connectivity index (χ0) is 11.9. The zero-order valence-electron chi connectivity index (χ0n) is 9.03. The maximum absolute atomic E-state index is 13.3. The third kappa shape index (κ3) is 2.19. The summed E-state index contributed by atoms with van der Waals surface area (Å²) in [6, 6.07) is 2.95. The van der Waals surface area contributed by atoms with Crippen molar-refractivity contribution in [2.24, 2.45) is 0 Å². The number of hydrogen-bond acceptors (Lipinski definition) is 2. The third-order valence-corrected chi connectivity index (χ3v) is 3.02. The lowest BCUT2D eigenvalue weighted by molar-refractivity contribution is -0.116. The van der Waals surface area contributed by atoms with Gasteiger partial charge in [-0.3, -0.25) is 4.79 Å². The number of amides is 1. The summed E-state index contributed by atoms with van der Waals surface area (Å²) in [5, 5.41) is 5.90. The quantitative estimate of drug-likeness (QED) is 0.769. The van der Waals surface area contributed by atoms with Crippen LogP contribution >= 0.6 is 15.9 Å². The number of halogens is 2.